The van der Waals surface area contributed by atoms with Crippen molar-refractivity contribution in [3.63, 3.8) is 0 Å². The number of hydrogen-bond donors (Lipinski definition) is 0. The summed E-state index contributed by atoms with van der Waals surface area (Å²) in [6.45, 7) is 1.69. The van der Waals surface area contributed by atoms with Gasteiger partial charge in [0.2, 0.25) is 23.8 Å². The number of hydrogen-bond acceptors (Lipinski definition) is 8. The number of carbonyl (C=O) groups excluding carboxylic acids is 1. The maximum atomic E-state index is 12.2. The van der Waals surface area contributed by atoms with Crippen molar-refractivity contribution in [1.82, 2.24) is 20.0 Å². The molecule has 4 rings (SSSR count). The number of carbonyl (C=O) groups is 1. The number of methoxy groups -OCH3 is 3. The van der Waals surface area contributed by atoms with E-state index in [-0.39, 0.29) is 18.3 Å². The summed E-state index contributed by atoms with van der Waals surface area (Å²) in [4.78, 5) is 12.2. The minimum absolute atomic E-state index is 0.258. The van der Waals surface area contributed by atoms with E-state index in [1.54, 1.807) is 16.8 Å². The van der Waals surface area contributed by atoms with E-state index >= 15 is 0 Å². The van der Waals surface area contributed by atoms with Gasteiger partial charge in [0.05, 0.1) is 26.8 Å². The van der Waals surface area contributed by atoms with E-state index < -0.39 is 6.23 Å². The number of para-hydroxylation sites is 1. The van der Waals surface area contributed by atoms with Crippen LogP contribution in [0.3, 0.4) is 0 Å². The summed E-state index contributed by atoms with van der Waals surface area (Å²) in [6.07, 6.45) is -0.679. The molecule has 1 unspecified atom stereocenters. The Morgan fingerprint density at radius 1 is 1.10 bits per heavy atom. The fraction of sp³-hybridized carbons (Fsp3) is 0.300. The molecule has 0 radical (unpaired) electrons. The van der Waals surface area contributed by atoms with Crippen LogP contribution in [-0.2, 0) is 16.1 Å². The molecule has 156 valence electrons. The Morgan fingerprint density at radius 2 is 1.80 bits per heavy atom. The molecule has 0 fully saturated rings. The van der Waals surface area contributed by atoms with Gasteiger partial charge >= 0.3 is 0 Å². The summed E-state index contributed by atoms with van der Waals surface area (Å²) < 4.78 is 23.9. The molecule has 1 aromatic heterocycles. The van der Waals surface area contributed by atoms with Crippen LogP contribution in [0.5, 0.6) is 17.2 Å². The zero-order valence-corrected chi connectivity index (χ0v) is 17.0. The van der Waals surface area contributed by atoms with Gasteiger partial charge in [0.15, 0.2) is 11.5 Å². The Labute approximate surface area is 172 Å². The molecule has 2 heterocycles. The van der Waals surface area contributed by atoms with Crippen LogP contribution < -0.4 is 14.2 Å². The van der Waals surface area contributed by atoms with Gasteiger partial charge < -0.3 is 18.9 Å². The number of amides is 1. The molecule has 0 saturated heterocycles. The second kappa shape index (κ2) is 7.90. The Kier molecular flexibility index (Phi) is 5.13. The molecular formula is C20H21N5O5. The normalized spacial score (nSPS) is 15.7. The monoisotopic (exact) mass is 411 g/mol. The predicted molar refractivity (Wildman–Crippen MR) is 108 cm³/mol. The lowest BCUT2D eigenvalue weighted by molar-refractivity contribution is -0.135. The summed E-state index contributed by atoms with van der Waals surface area (Å²) in [5.41, 5.74) is 2.18. The molecule has 0 aliphatic carbocycles. The van der Waals surface area contributed by atoms with Crippen LogP contribution in [0.25, 0.3) is 11.0 Å². The maximum Gasteiger partial charge on any atom is 0.243 e. The Bertz CT molecular complexity index is 1100. The smallest absolute Gasteiger partial charge is 0.243 e. The lowest BCUT2D eigenvalue weighted by atomic mass is 10.2. The van der Waals surface area contributed by atoms with E-state index in [1.807, 2.05) is 24.3 Å². The van der Waals surface area contributed by atoms with Crippen molar-refractivity contribution >= 4 is 22.8 Å². The third-order valence-electron chi connectivity index (χ3n) is 4.70. The summed E-state index contributed by atoms with van der Waals surface area (Å²) in [5.74, 6) is 1.37. The average Bonchev–Trinajstić information content (AvgIpc) is 3.37. The van der Waals surface area contributed by atoms with Crippen LogP contribution in [0.1, 0.15) is 12.5 Å². The van der Waals surface area contributed by atoms with E-state index in [4.69, 9.17) is 18.9 Å². The van der Waals surface area contributed by atoms with Gasteiger partial charge in [-0.2, -0.15) is 5.01 Å². The quantitative estimate of drug-likeness (QED) is 0.612. The molecular weight excluding hydrogens is 390 g/mol. The Morgan fingerprint density at radius 3 is 2.43 bits per heavy atom. The van der Waals surface area contributed by atoms with Crippen LogP contribution >= 0.6 is 0 Å². The predicted octanol–water partition coefficient (Wildman–Crippen LogP) is 2.02. The molecule has 0 spiro atoms. The molecule has 0 bridgehead atoms. The van der Waals surface area contributed by atoms with E-state index in [2.05, 4.69) is 15.4 Å². The summed E-state index contributed by atoms with van der Waals surface area (Å²) in [5, 5.41) is 14.0. The van der Waals surface area contributed by atoms with Crippen molar-refractivity contribution in [1.29, 1.82) is 0 Å². The van der Waals surface area contributed by atoms with Crippen LogP contribution in [0.15, 0.2) is 41.5 Å². The molecule has 0 N–H and O–H groups in total. The van der Waals surface area contributed by atoms with Gasteiger partial charge in [-0.3, -0.25) is 4.79 Å². The SMILES string of the molecule is COc1cc(C2=NN(C(C)=O)C(Cn3nnc4ccccc43)O2)cc(OC)c1OC. The standard InChI is InChI=1S/C20H21N5O5/c1-12(26)25-18(11-24-15-8-6-5-7-14(15)21-23-24)30-20(22-25)13-9-16(27-2)19(29-4)17(10-13)28-3/h5-10,18H,11H2,1-4H3. The van der Waals surface area contributed by atoms with Crippen LogP contribution in [0.2, 0.25) is 0 Å². The van der Waals surface area contributed by atoms with Crippen molar-refractivity contribution in [3.8, 4) is 17.2 Å². The first-order chi connectivity index (χ1) is 14.5. The Hall–Kier alpha value is -3.82. The molecule has 10 heteroatoms. The number of rotatable bonds is 6. The molecule has 3 aromatic rings. The minimum Gasteiger partial charge on any atom is -0.493 e. The van der Waals surface area contributed by atoms with E-state index in [0.717, 1.165) is 11.0 Å². The molecule has 0 saturated carbocycles. The van der Waals surface area contributed by atoms with Gasteiger partial charge in [0.25, 0.3) is 0 Å². The van der Waals surface area contributed by atoms with Crippen molar-refractivity contribution < 1.29 is 23.7 Å². The second-order valence-electron chi connectivity index (χ2n) is 6.52. The number of aromatic nitrogens is 3. The molecule has 1 aliphatic rings. The zero-order chi connectivity index (χ0) is 21.3. The molecule has 1 amide bonds. The highest BCUT2D eigenvalue weighted by atomic mass is 16.5. The highest BCUT2D eigenvalue weighted by Crippen LogP contribution is 2.39. The van der Waals surface area contributed by atoms with Crippen molar-refractivity contribution in [3.05, 3.63) is 42.0 Å². The minimum atomic E-state index is -0.679. The highest BCUT2D eigenvalue weighted by molar-refractivity contribution is 5.97. The summed E-state index contributed by atoms with van der Waals surface area (Å²) >= 11 is 0. The van der Waals surface area contributed by atoms with Crippen LogP contribution in [0, 0.1) is 0 Å². The van der Waals surface area contributed by atoms with Gasteiger partial charge in [-0.1, -0.05) is 17.3 Å². The molecule has 2 aromatic carbocycles. The zero-order valence-electron chi connectivity index (χ0n) is 17.0. The van der Waals surface area contributed by atoms with Crippen LogP contribution in [-0.4, -0.2) is 59.4 Å². The van der Waals surface area contributed by atoms with Crippen molar-refractivity contribution in [2.75, 3.05) is 21.3 Å². The topological polar surface area (TPSA) is 100 Å². The third-order valence-corrected chi connectivity index (χ3v) is 4.70. The first-order valence-corrected chi connectivity index (χ1v) is 9.19. The van der Waals surface area contributed by atoms with Crippen LogP contribution in [0.4, 0.5) is 0 Å². The van der Waals surface area contributed by atoms with E-state index in [0.29, 0.717) is 22.8 Å². The molecule has 1 atom stereocenters. The Balaban J connectivity index is 1.66. The fourth-order valence-electron chi connectivity index (χ4n) is 3.28. The number of ether oxygens (including phenoxy) is 4. The van der Waals surface area contributed by atoms with Gasteiger partial charge in [0, 0.05) is 12.5 Å². The summed E-state index contributed by atoms with van der Waals surface area (Å²) in [7, 11) is 4.58. The lowest BCUT2D eigenvalue weighted by Crippen LogP contribution is -2.35. The highest BCUT2D eigenvalue weighted by Gasteiger charge is 2.33. The number of fused-ring (bicyclic) bond motifs is 1. The van der Waals surface area contributed by atoms with Gasteiger partial charge in [-0.15, -0.1) is 10.2 Å². The summed E-state index contributed by atoms with van der Waals surface area (Å²) in [6, 6.07) is 11.0. The first-order valence-electron chi connectivity index (χ1n) is 9.19. The fourth-order valence-corrected chi connectivity index (χ4v) is 3.28. The van der Waals surface area contributed by atoms with Gasteiger partial charge in [0.1, 0.15) is 12.1 Å². The third kappa shape index (κ3) is 3.36. The molecule has 10 nitrogen and oxygen atoms in total. The first kappa shape index (κ1) is 19.5. The molecule has 30 heavy (non-hydrogen) atoms. The number of hydrazone groups is 1. The van der Waals surface area contributed by atoms with Gasteiger partial charge in [-0.05, 0) is 24.3 Å². The number of benzene rings is 2. The molecule has 1 aliphatic heterocycles. The van der Waals surface area contributed by atoms with Crippen molar-refractivity contribution in [2.45, 2.75) is 19.7 Å². The maximum absolute atomic E-state index is 12.2. The largest absolute Gasteiger partial charge is 0.493 e. The lowest BCUT2D eigenvalue weighted by Gasteiger charge is -2.19. The van der Waals surface area contributed by atoms with Crippen molar-refractivity contribution in [2.24, 2.45) is 5.10 Å². The number of nitrogens with zero attached hydrogens (tertiary/aromatic N) is 5. The second-order valence-corrected chi connectivity index (χ2v) is 6.52. The van der Waals surface area contributed by atoms with E-state index in [9.17, 15) is 4.79 Å². The average molecular weight is 411 g/mol. The van der Waals surface area contributed by atoms with Gasteiger partial charge in [-0.25, -0.2) is 4.68 Å². The van der Waals surface area contributed by atoms with E-state index in [1.165, 1.54) is 33.3 Å².